The van der Waals surface area contributed by atoms with Crippen molar-refractivity contribution in [3.05, 3.63) is 120 Å². The molecule has 0 amide bonds. The van der Waals surface area contributed by atoms with Crippen LogP contribution in [0.4, 0.5) is 0 Å². The first-order valence-corrected chi connectivity index (χ1v) is 10.7. The summed E-state index contributed by atoms with van der Waals surface area (Å²) in [5.41, 5.74) is 0.747. The van der Waals surface area contributed by atoms with Crippen LogP contribution < -0.4 is 0 Å². The molecule has 1 heterocycles. The van der Waals surface area contributed by atoms with Crippen molar-refractivity contribution in [2.75, 3.05) is 6.61 Å². The molecule has 8 nitrogen and oxygen atoms in total. The third kappa shape index (κ3) is 6.07. The maximum absolute atomic E-state index is 12.9. The van der Waals surface area contributed by atoms with Crippen LogP contribution in [0.1, 0.15) is 31.1 Å². The van der Waals surface area contributed by atoms with Crippen LogP contribution in [0, 0.1) is 0 Å². The number of carbonyl (C=O) groups is 4. The zero-order chi connectivity index (χ0) is 24.6. The van der Waals surface area contributed by atoms with Crippen molar-refractivity contribution in [3.63, 3.8) is 0 Å². The van der Waals surface area contributed by atoms with E-state index in [9.17, 15) is 19.2 Å². The van der Waals surface area contributed by atoms with Gasteiger partial charge in [-0.1, -0.05) is 54.6 Å². The Morgan fingerprint density at radius 1 is 0.686 bits per heavy atom. The minimum absolute atomic E-state index is 0.202. The van der Waals surface area contributed by atoms with Gasteiger partial charge in [0.2, 0.25) is 0 Å². The van der Waals surface area contributed by atoms with E-state index in [4.69, 9.17) is 18.9 Å². The van der Waals surface area contributed by atoms with Gasteiger partial charge in [0.05, 0.1) is 16.7 Å². The summed E-state index contributed by atoms with van der Waals surface area (Å²) >= 11 is 0. The average molecular weight is 472 g/mol. The fourth-order valence-electron chi connectivity index (χ4n) is 3.17. The Hall–Kier alpha value is -4.56. The molecular weight excluding hydrogens is 452 g/mol. The van der Waals surface area contributed by atoms with Crippen LogP contribution in [-0.4, -0.2) is 42.7 Å². The Kier molecular flexibility index (Phi) is 7.44. The second-order valence-corrected chi connectivity index (χ2v) is 7.39. The van der Waals surface area contributed by atoms with E-state index >= 15 is 0 Å². The number of ketones is 1. The topological polar surface area (TPSA) is 105 Å². The second-order valence-electron chi connectivity index (χ2n) is 7.39. The van der Waals surface area contributed by atoms with Crippen LogP contribution in [-0.2, 0) is 23.7 Å². The average Bonchev–Trinajstić information content (AvgIpc) is 2.91. The molecule has 0 N–H and O–H groups in total. The normalized spacial score (nSPS) is 17.1. The minimum atomic E-state index is -1.70. The number of carbonyl (C=O) groups excluding carboxylic acids is 4. The molecule has 1 aliphatic heterocycles. The van der Waals surface area contributed by atoms with Crippen molar-refractivity contribution < 1.29 is 38.1 Å². The van der Waals surface area contributed by atoms with Crippen molar-refractivity contribution in [3.8, 4) is 0 Å². The van der Waals surface area contributed by atoms with Crippen LogP contribution in [0.3, 0.4) is 0 Å². The standard InChI is InChI=1S/C27H20O8/c28-23-22(34-25(30)19-12-6-2-7-13-19)16-21(17-32-24(29)18-10-4-1-5-11-18)33-27(23)35-26(31)20-14-8-3-9-15-20/h1-16,21,27H,17H2. The van der Waals surface area contributed by atoms with Crippen molar-refractivity contribution >= 4 is 23.7 Å². The van der Waals surface area contributed by atoms with Gasteiger partial charge >= 0.3 is 17.9 Å². The molecule has 8 heteroatoms. The number of benzene rings is 3. The number of Topliss-reactive ketones (excluding diaryl/α,β-unsaturated/α-hetero) is 1. The van der Waals surface area contributed by atoms with Gasteiger partial charge in [0, 0.05) is 0 Å². The number of ether oxygens (including phenoxy) is 4. The van der Waals surface area contributed by atoms with Crippen molar-refractivity contribution in [1.82, 2.24) is 0 Å². The Morgan fingerprint density at radius 2 is 1.17 bits per heavy atom. The van der Waals surface area contributed by atoms with E-state index in [1.807, 2.05) is 0 Å². The van der Waals surface area contributed by atoms with Crippen LogP contribution in [0.25, 0.3) is 0 Å². The van der Waals surface area contributed by atoms with Gasteiger partial charge in [-0.2, -0.15) is 0 Å². The third-order valence-electron chi connectivity index (χ3n) is 4.92. The van der Waals surface area contributed by atoms with E-state index in [1.165, 1.54) is 30.3 Å². The van der Waals surface area contributed by atoms with Gasteiger partial charge in [0.15, 0.2) is 5.76 Å². The molecule has 1 aliphatic rings. The molecule has 0 radical (unpaired) electrons. The summed E-state index contributed by atoms with van der Waals surface area (Å²) in [6.07, 6.45) is -1.51. The molecule has 0 bridgehead atoms. The molecular formula is C27H20O8. The minimum Gasteiger partial charge on any atom is -0.459 e. The number of hydrogen-bond donors (Lipinski definition) is 0. The largest absolute Gasteiger partial charge is 0.459 e. The second kappa shape index (κ2) is 11.0. The molecule has 2 unspecified atom stereocenters. The first-order valence-electron chi connectivity index (χ1n) is 10.7. The van der Waals surface area contributed by atoms with E-state index in [2.05, 4.69) is 0 Å². The summed E-state index contributed by atoms with van der Waals surface area (Å²) < 4.78 is 21.4. The molecule has 0 saturated carbocycles. The van der Waals surface area contributed by atoms with Gasteiger partial charge in [-0.15, -0.1) is 0 Å². The first kappa shape index (κ1) is 23.6. The van der Waals surface area contributed by atoms with Gasteiger partial charge in [-0.05, 0) is 42.5 Å². The summed E-state index contributed by atoms with van der Waals surface area (Å²) in [6.45, 7) is -0.313. The third-order valence-corrected chi connectivity index (χ3v) is 4.92. The Bertz CT molecular complexity index is 1240. The molecule has 0 saturated heterocycles. The van der Waals surface area contributed by atoms with Crippen molar-refractivity contribution in [2.24, 2.45) is 0 Å². The summed E-state index contributed by atoms with van der Waals surface area (Å²) in [5, 5.41) is 0. The summed E-state index contributed by atoms with van der Waals surface area (Å²) in [4.78, 5) is 50.2. The van der Waals surface area contributed by atoms with Gasteiger partial charge in [-0.25, -0.2) is 14.4 Å². The van der Waals surface area contributed by atoms with E-state index < -0.39 is 36.1 Å². The highest BCUT2D eigenvalue weighted by atomic mass is 16.7. The van der Waals surface area contributed by atoms with Crippen molar-refractivity contribution in [2.45, 2.75) is 12.4 Å². The Morgan fingerprint density at radius 3 is 1.71 bits per heavy atom. The lowest BCUT2D eigenvalue weighted by atomic mass is 10.1. The van der Waals surface area contributed by atoms with E-state index in [0.717, 1.165) is 0 Å². The van der Waals surface area contributed by atoms with Crippen LogP contribution in [0.2, 0.25) is 0 Å². The van der Waals surface area contributed by atoms with Crippen LogP contribution >= 0.6 is 0 Å². The fourth-order valence-corrected chi connectivity index (χ4v) is 3.17. The molecule has 0 aliphatic carbocycles. The smallest absolute Gasteiger partial charge is 0.343 e. The lowest BCUT2D eigenvalue weighted by Crippen LogP contribution is -2.41. The Balaban J connectivity index is 1.51. The molecule has 35 heavy (non-hydrogen) atoms. The highest BCUT2D eigenvalue weighted by Gasteiger charge is 2.37. The quantitative estimate of drug-likeness (QED) is 0.378. The molecule has 0 spiro atoms. The van der Waals surface area contributed by atoms with Gasteiger partial charge in [0.25, 0.3) is 12.1 Å². The molecule has 3 aromatic carbocycles. The van der Waals surface area contributed by atoms with Crippen LogP contribution in [0.5, 0.6) is 0 Å². The van der Waals surface area contributed by atoms with Gasteiger partial charge < -0.3 is 18.9 Å². The maximum Gasteiger partial charge on any atom is 0.343 e. The highest BCUT2D eigenvalue weighted by molar-refractivity contribution is 6.02. The molecule has 4 rings (SSSR count). The zero-order valence-corrected chi connectivity index (χ0v) is 18.4. The van der Waals surface area contributed by atoms with E-state index in [0.29, 0.717) is 5.56 Å². The maximum atomic E-state index is 12.9. The SMILES string of the molecule is O=C(OCC1C=C(OC(=O)c2ccccc2)C(=O)C(OC(=O)c2ccccc2)O1)c1ccccc1. The predicted octanol–water partition coefficient (Wildman–Crippen LogP) is 3.74. The van der Waals surface area contributed by atoms with Gasteiger partial charge in [-0.3, -0.25) is 4.79 Å². The molecule has 0 fully saturated rings. The lowest BCUT2D eigenvalue weighted by molar-refractivity contribution is -0.171. The number of hydrogen-bond acceptors (Lipinski definition) is 8. The number of esters is 3. The summed E-state index contributed by atoms with van der Waals surface area (Å²) in [7, 11) is 0. The lowest BCUT2D eigenvalue weighted by Gasteiger charge is -2.27. The molecule has 2 atom stereocenters. The van der Waals surface area contributed by atoms with E-state index in [1.54, 1.807) is 66.7 Å². The fraction of sp³-hybridized carbons (Fsp3) is 0.111. The first-order chi connectivity index (χ1) is 17.0. The predicted molar refractivity (Wildman–Crippen MR) is 122 cm³/mol. The molecule has 0 aromatic heterocycles. The van der Waals surface area contributed by atoms with E-state index in [-0.39, 0.29) is 23.5 Å². The molecule has 176 valence electrons. The Labute approximate surface area is 200 Å². The summed E-state index contributed by atoms with van der Waals surface area (Å²) in [6, 6.07) is 24.4. The number of rotatable bonds is 7. The molecule has 3 aromatic rings. The monoisotopic (exact) mass is 472 g/mol. The van der Waals surface area contributed by atoms with Crippen molar-refractivity contribution in [1.29, 1.82) is 0 Å². The zero-order valence-electron chi connectivity index (χ0n) is 18.4. The van der Waals surface area contributed by atoms with Gasteiger partial charge in [0.1, 0.15) is 12.7 Å². The van der Waals surface area contributed by atoms with Crippen LogP contribution in [0.15, 0.2) is 103 Å². The summed E-state index contributed by atoms with van der Waals surface area (Å²) in [5.74, 6) is -3.43. The highest BCUT2D eigenvalue weighted by Crippen LogP contribution is 2.21.